The predicted octanol–water partition coefficient (Wildman–Crippen LogP) is 26.2. The molecule has 0 heterocycles. The van der Waals surface area contributed by atoms with Crippen LogP contribution in [0, 0.1) is 0 Å². The van der Waals surface area contributed by atoms with Gasteiger partial charge in [0.1, 0.15) is 13.2 Å². The van der Waals surface area contributed by atoms with Crippen molar-refractivity contribution in [1.29, 1.82) is 0 Å². The van der Waals surface area contributed by atoms with Crippen LogP contribution in [0.4, 0.5) is 0 Å². The molecule has 0 aliphatic carbocycles. The zero-order chi connectivity index (χ0) is 59.2. The first-order chi connectivity index (χ1) is 40.5. The number of unbranched alkanes of at least 4 members (excludes halogenated alkanes) is 61. The van der Waals surface area contributed by atoms with Crippen LogP contribution in [-0.4, -0.2) is 37.2 Å². The molecule has 0 aliphatic rings. The van der Waals surface area contributed by atoms with Crippen LogP contribution in [-0.2, 0) is 28.6 Å². The SMILES string of the molecule is CCCCCCCCCCCCCCCCCCCCCCCCCCCCCCCCCCCC(=O)OCC(COC(=O)CCCCCCCCCC)OC(=O)CCCCCCCCCCCCCCCCCCCCCCCCC. The molecule has 1 atom stereocenters. The highest BCUT2D eigenvalue weighted by Gasteiger charge is 2.20. The second kappa shape index (κ2) is 71.9. The van der Waals surface area contributed by atoms with Crippen LogP contribution in [0.25, 0.3) is 0 Å². The van der Waals surface area contributed by atoms with Crippen LogP contribution >= 0.6 is 0 Å². The summed E-state index contributed by atoms with van der Waals surface area (Å²) in [6.45, 7) is 6.71. The first-order valence-electron chi connectivity index (χ1n) is 38.0. The zero-order valence-corrected chi connectivity index (χ0v) is 56.3. The third-order valence-electron chi connectivity index (χ3n) is 17.9. The molecule has 0 rings (SSSR count). The van der Waals surface area contributed by atoms with Crippen LogP contribution in [0.2, 0.25) is 0 Å². The second-order valence-electron chi connectivity index (χ2n) is 26.3. The van der Waals surface area contributed by atoms with E-state index in [9.17, 15) is 14.4 Å². The van der Waals surface area contributed by atoms with Crippen molar-refractivity contribution < 1.29 is 28.6 Å². The molecule has 6 nitrogen and oxygen atoms in total. The van der Waals surface area contributed by atoms with Crippen molar-refractivity contribution in [2.75, 3.05) is 13.2 Å². The summed E-state index contributed by atoms with van der Waals surface area (Å²) in [5, 5.41) is 0. The average molecular weight is 1160 g/mol. The highest BCUT2D eigenvalue weighted by atomic mass is 16.6. The molecule has 0 amide bonds. The minimum atomic E-state index is -0.762. The summed E-state index contributed by atoms with van der Waals surface area (Å²) in [7, 11) is 0. The van der Waals surface area contributed by atoms with Crippen molar-refractivity contribution in [2.24, 2.45) is 0 Å². The van der Waals surface area contributed by atoms with Gasteiger partial charge in [-0.2, -0.15) is 0 Å². The van der Waals surface area contributed by atoms with E-state index in [1.54, 1.807) is 0 Å². The fourth-order valence-corrected chi connectivity index (χ4v) is 12.2. The third kappa shape index (κ3) is 69.2. The van der Waals surface area contributed by atoms with Crippen molar-refractivity contribution >= 4 is 17.9 Å². The second-order valence-corrected chi connectivity index (χ2v) is 26.3. The average Bonchev–Trinajstić information content (AvgIpc) is 3.47. The molecule has 0 aromatic heterocycles. The normalized spacial score (nSPS) is 11.9. The van der Waals surface area contributed by atoms with E-state index in [-0.39, 0.29) is 31.1 Å². The molecule has 0 aromatic carbocycles. The van der Waals surface area contributed by atoms with Gasteiger partial charge in [-0.05, 0) is 19.3 Å². The van der Waals surface area contributed by atoms with Crippen LogP contribution < -0.4 is 0 Å². The number of ether oxygens (including phenoxy) is 3. The van der Waals surface area contributed by atoms with Crippen LogP contribution in [0.1, 0.15) is 451 Å². The van der Waals surface area contributed by atoms with Crippen molar-refractivity contribution in [3.8, 4) is 0 Å². The summed E-state index contributed by atoms with van der Waals surface area (Å²) < 4.78 is 16.9. The van der Waals surface area contributed by atoms with E-state index >= 15 is 0 Å². The number of rotatable bonds is 72. The number of carbonyl (C=O) groups excluding carboxylic acids is 3. The maximum atomic E-state index is 12.9. The Hall–Kier alpha value is -1.59. The van der Waals surface area contributed by atoms with E-state index in [1.165, 1.54) is 353 Å². The number of hydrogen-bond acceptors (Lipinski definition) is 6. The van der Waals surface area contributed by atoms with Crippen molar-refractivity contribution in [1.82, 2.24) is 0 Å². The lowest BCUT2D eigenvalue weighted by atomic mass is 10.0. The van der Waals surface area contributed by atoms with E-state index in [1.807, 2.05) is 0 Å². The van der Waals surface area contributed by atoms with Gasteiger partial charge in [-0.15, -0.1) is 0 Å². The number of carbonyl (C=O) groups is 3. The van der Waals surface area contributed by atoms with Crippen molar-refractivity contribution in [3.63, 3.8) is 0 Å². The summed E-state index contributed by atoms with van der Waals surface area (Å²) >= 11 is 0. The molecule has 488 valence electrons. The van der Waals surface area contributed by atoms with Gasteiger partial charge < -0.3 is 14.2 Å². The smallest absolute Gasteiger partial charge is 0.306 e. The molecule has 0 saturated heterocycles. The van der Waals surface area contributed by atoms with Crippen LogP contribution in [0.5, 0.6) is 0 Å². The molecule has 0 bridgehead atoms. The largest absolute Gasteiger partial charge is 0.462 e. The van der Waals surface area contributed by atoms with Gasteiger partial charge in [0.25, 0.3) is 0 Å². The molecular formula is C76H148O6. The monoisotopic (exact) mass is 1160 g/mol. The highest BCUT2D eigenvalue weighted by Crippen LogP contribution is 2.20. The Labute approximate surface area is 514 Å². The summed E-state index contributed by atoms with van der Waals surface area (Å²) in [5.41, 5.74) is 0. The van der Waals surface area contributed by atoms with Gasteiger partial charge >= 0.3 is 17.9 Å². The topological polar surface area (TPSA) is 78.9 Å². The zero-order valence-electron chi connectivity index (χ0n) is 56.3. The number of esters is 3. The van der Waals surface area contributed by atoms with E-state index in [0.29, 0.717) is 19.3 Å². The van der Waals surface area contributed by atoms with Gasteiger partial charge in [0.05, 0.1) is 0 Å². The minimum absolute atomic E-state index is 0.0608. The molecule has 0 radical (unpaired) electrons. The Morgan fingerprint density at radius 3 is 0.488 bits per heavy atom. The maximum absolute atomic E-state index is 12.9. The van der Waals surface area contributed by atoms with Crippen LogP contribution in [0.3, 0.4) is 0 Å². The Balaban J connectivity index is 3.95. The first-order valence-corrected chi connectivity index (χ1v) is 38.0. The third-order valence-corrected chi connectivity index (χ3v) is 17.9. The quantitative estimate of drug-likeness (QED) is 0.0343. The van der Waals surface area contributed by atoms with Gasteiger partial charge in [0, 0.05) is 19.3 Å². The van der Waals surface area contributed by atoms with Gasteiger partial charge in [-0.25, -0.2) is 0 Å². The highest BCUT2D eigenvalue weighted by molar-refractivity contribution is 5.71. The summed E-state index contributed by atoms with van der Waals surface area (Å²) in [6.07, 6.45) is 86.2. The molecule has 0 saturated carbocycles. The molecule has 0 aliphatic heterocycles. The molecule has 0 fully saturated rings. The van der Waals surface area contributed by atoms with Gasteiger partial charge in [-0.3, -0.25) is 14.4 Å². The minimum Gasteiger partial charge on any atom is -0.462 e. The van der Waals surface area contributed by atoms with Gasteiger partial charge in [0.2, 0.25) is 0 Å². The lowest BCUT2D eigenvalue weighted by Gasteiger charge is -2.18. The summed E-state index contributed by atoms with van der Waals surface area (Å²) in [6, 6.07) is 0. The lowest BCUT2D eigenvalue weighted by molar-refractivity contribution is -0.167. The standard InChI is InChI=1S/C76H148O6/c1-4-7-10-13-16-19-21-23-25-27-29-31-33-34-35-36-37-38-39-40-41-42-44-45-47-49-51-53-55-57-60-63-66-69-75(78)81-72-73(71-80-74(77)68-65-62-59-18-15-12-9-6-3)82-76(79)70-67-64-61-58-56-54-52-50-48-46-43-32-30-28-26-24-22-20-17-14-11-8-5-2/h73H,4-72H2,1-3H3. The Morgan fingerprint density at radius 1 is 0.195 bits per heavy atom. The van der Waals surface area contributed by atoms with Gasteiger partial charge in [-0.1, -0.05) is 412 Å². The van der Waals surface area contributed by atoms with Crippen LogP contribution in [0.15, 0.2) is 0 Å². The Morgan fingerprint density at radius 2 is 0.329 bits per heavy atom. The fraction of sp³-hybridized carbons (Fsp3) is 0.961. The van der Waals surface area contributed by atoms with E-state index in [4.69, 9.17) is 14.2 Å². The first kappa shape index (κ1) is 80.4. The summed E-state index contributed by atoms with van der Waals surface area (Å²) in [4.78, 5) is 38.3. The molecule has 0 N–H and O–H groups in total. The lowest BCUT2D eigenvalue weighted by Crippen LogP contribution is -2.30. The molecule has 0 spiro atoms. The summed E-state index contributed by atoms with van der Waals surface area (Å²) in [5.74, 6) is -0.827. The molecular weight excluding hydrogens is 1010 g/mol. The van der Waals surface area contributed by atoms with E-state index in [0.717, 1.165) is 57.8 Å². The van der Waals surface area contributed by atoms with E-state index in [2.05, 4.69) is 20.8 Å². The molecule has 6 heteroatoms. The van der Waals surface area contributed by atoms with Crippen molar-refractivity contribution in [3.05, 3.63) is 0 Å². The Bertz CT molecular complexity index is 1240. The van der Waals surface area contributed by atoms with E-state index < -0.39 is 6.10 Å². The molecule has 0 aromatic rings. The maximum Gasteiger partial charge on any atom is 0.306 e. The Kier molecular flexibility index (Phi) is 70.5. The molecule has 82 heavy (non-hydrogen) atoms. The van der Waals surface area contributed by atoms with Gasteiger partial charge in [0.15, 0.2) is 6.10 Å². The van der Waals surface area contributed by atoms with Crippen molar-refractivity contribution in [2.45, 2.75) is 457 Å². The number of hydrogen-bond donors (Lipinski definition) is 0. The molecule has 1 unspecified atom stereocenters. The predicted molar refractivity (Wildman–Crippen MR) is 358 cm³/mol. The fourth-order valence-electron chi connectivity index (χ4n) is 12.2.